The van der Waals surface area contributed by atoms with Crippen LogP contribution in [0.2, 0.25) is 0 Å². The van der Waals surface area contributed by atoms with Gasteiger partial charge in [-0.3, -0.25) is 9.59 Å². The van der Waals surface area contributed by atoms with Gasteiger partial charge in [-0.1, -0.05) is 24.3 Å². The van der Waals surface area contributed by atoms with Crippen molar-refractivity contribution in [3.63, 3.8) is 0 Å². The summed E-state index contributed by atoms with van der Waals surface area (Å²) < 4.78 is 10.4. The maximum Gasteiger partial charge on any atom is 0.312 e. The molecule has 0 aliphatic heterocycles. The van der Waals surface area contributed by atoms with Gasteiger partial charge in [0.1, 0.15) is 5.75 Å². The number of methoxy groups -OCH3 is 1. The minimum Gasteiger partial charge on any atom is -0.497 e. The summed E-state index contributed by atoms with van der Waals surface area (Å²) in [5, 5.41) is 5.38. The molecule has 0 aliphatic carbocycles. The van der Waals surface area contributed by atoms with Gasteiger partial charge in [-0.05, 0) is 49.2 Å². The van der Waals surface area contributed by atoms with Crippen LogP contribution in [0.3, 0.4) is 0 Å². The van der Waals surface area contributed by atoms with Crippen molar-refractivity contribution < 1.29 is 23.9 Å². The summed E-state index contributed by atoms with van der Waals surface area (Å²) in [5.74, 6) is -0.0599. The molecule has 0 bridgehead atoms. The fraction of sp³-hybridized carbons (Fsp3) is 0.318. The molecule has 0 heterocycles. The highest BCUT2D eigenvalue weighted by molar-refractivity contribution is 5.94. The lowest BCUT2D eigenvalue weighted by Crippen LogP contribution is -2.31. The molecule has 2 aromatic carbocycles. The molecule has 8 heteroatoms. The van der Waals surface area contributed by atoms with Crippen molar-refractivity contribution >= 4 is 17.9 Å². The first-order valence-corrected chi connectivity index (χ1v) is 9.55. The summed E-state index contributed by atoms with van der Waals surface area (Å²) in [6.45, 7) is 3.81. The average molecular weight is 413 g/mol. The van der Waals surface area contributed by atoms with Crippen LogP contribution in [0, 0.1) is 0 Å². The lowest BCUT2D eigenvalue weighted by atomic mass is 10.0. The smallest absolute Gasteiger partial charge is 0.312 e. The number of benzene rings is 2. The number of carbonyl (C=O) groups is 3. The van der Waals surface area contributed by atoms with Crippen LogP contribution in [0.1, 0.15) is 47.8 Å². The Morgan fingerprint density at radius 2 is 1.63 bits per heavy atom. The molecule has 1 atom stereocenters. The number of ether oxygens (including phenoxy) is 2. The van der Waals surface area contributed by atoms with Crippen LogP contribution >= 0.6 is 0 Å². The van der Waals surface area contributed by atoms with Crippen LogP contribution in [-0.2, 0) is 16.1 Å². The Balaban J connectivity index is 2.13. The van der Waals surface area contributed by atoms with Crippen molar-refractivity contribution in [3.8, 4) is 5.75 Å². The van der Waals surface area contributed by atoms with Gasteiger partial charge in [0.15, 0.2) is 0 Å². The highest BCUT2D eigenvalue weighted by Gasteiger charge is 2.21. The summed E-state index contributed by atoms with van der Waals surface area (Å²) >= 11 is 0. The molecule has 0 saturated heterocycles. The summed E-state index contributed by atoms with van der Waals surface area (Å²) in [6, 6.07) is 12.7. The van der Waals surface area contributed by atoms with Gasteiger partial charge >= 0.3 is 12.0 Å². The van der Waals surface area contributed by atoms with E-state index in [1.165, 1.54) is 0 Å². The molecule has 4 N–H and O–H groups in total. The van der Waals surface area contributed by atoms with E-state index in [1.54, 1.807) is 69.5 Å². The predicted octanol–water partition coefficient (Wildman–Crippen LogP) is 2.68. The van der Waals surface area contributed by atoms with Gasteiger partial charge in [0, 0.05) is 12.1 Å². The van der Waals surface area contributed by atoms with Gasteiger partial charge in [0.2, 0.25) is 0 Å². The Morgan fingerprint density at radius 1 is 1.00 bits per heavy atom. The van der Waals surface area contributed by atoms with Crippen LogP contribution in [0.5, 0.6) is 5.75 Å². The minimum atomic E-state index is -0.618. The zero-order valence-electron chi connectivity index (χ0n) is 17.3. The van der Waals surface area contributed by atoms with Gasteiger partial charge in [-0.15, -0.1) is 0 Å². The molecule has 0 radical (unpaired) electrons. The molecule has 2 aromatic rings. The van der Waals surface area contributed by atoms with Gasteiger partial charge in [0.25, 0.3) is 5.91 Å². The monoisotopic (exact) mass is 413 g/mol. The second-order valence-corrected chi connectivity index (χ2v) is 6.96. The molecule has 0 aliphatic rings. The topological polar surface area (TPSA) is 120 Å². The van der Waals surface area contributed by atoms with Crippen molar-refractivity contribution in [3.05, 3.63) is 65.2 Å². The Bertz CT molecular complexity index is 863. The number of nitrogens with one attached hydrogen (secondary N) is 2. The van der Waals surface area contributed by atoms with Gasteiger partial charge in [0.05, 0.1) is 25.7 Å². The maximum atomic E-state index is 12.8. The number of rotatable bonds is 9. The summed E-state index contributed by atoms with van der Waals surface area (Å²) in [4.78, 5) is 35.8. The zero-order chi connectivity index (χ0) is 22.1. The molecule has 30 heavy (non-hydrogen) atoms. The predicted molar refractivity (Wildman–Crippen MR) is 112 cm³/mol. The molecular weight excluding hydrogens is 386 g/mol. The van der Waals surface area contributed by atoms with Crippen molar-refractivity contribution in [2.45, 2.75) is 39.0 Å². The van der Waals surface area contributed by atoms with Gasteiger partial charge in [-0.25, -0.2) is 4.79 Å². The van der Waals surface area contributed by atoms with Crippen LogP contribution in [0.4, 0.5) is 4.79 Å². The molecule has 1 unspecified atom stereocenters. The summed E-state index contributed by atoms with van der Waals surface area (Å²) in [6.07, 6.45) is -0.247. The molecule has 8 nitrogen and oxygen atoms in total. The first-order chi connectivity index (χ1) is 14.3. The van der Waals surface area contributed by atoms with E-state index >= 15 is 0 Å². The Labute approximate surface area is 175 Å². The van der Waals surface area contributed by atoms with E-state index in [1.807, 2.05) is 0 Å². The number of urea groups is 1. The number of carbonyl (C=O) groups excluding carboxylic acids is 3. The van der Waals surface area contributed by atoms with Gasteiger partial charge < -0.3 is 25.8 Å². The van der Waals surface area contributed by atoms with Gasteiger partial charge in [-0.2, -0.15) is 0 Å². The molecular formula is C22H27N3O5. The number of esters is 1. The third-order valence-electron chi connectivity index (χ3n) is 4.24. The Kier molecular flexibility index (Phi) is 8.22. The fourth-order valence-corrected chi connectivity index (χ4v) is 2.77. The standard InChI is InChI=1S/C22H27N3O5/c1-14(2)30-20(26)12-19(16-8-10-18(29-3)11-9-16)25-21(27)17-6-4-15(5-7-17)13-24-22(23)28/h4-11,14,19H,12-13H2,1-3H3,(H,25,27)(H3,23,24,28). The molecule has 160 valence electrons. The van der Waals surface area contributed by atoms with Crippen molar-refractivity contribution in [2.24, 2.45) is 5.73 Å². The Hall–Kier alpha value is -3.55. The quantitative estimate of drug-likeness (QED) is 0.546. The molecule has 0 aromatic heterocycles. The minimum absolute atomic E-state index is 0.00311. The fourth-order valence-electron chi connectivity index (χ4n) is 2.77. The van der Waals surface area contributed by atoms with E-state index in [-0.39, 0.29) is 25.0 Å². The normalized spacial score (nSPS) is 11.5. The van der Waals surface area contributed by atoms with E-state index in [9.17, 15) is 14.4 Å². The van der Waals surface area contributed by atoms with Crippen LogP contribution in [0.25, 0.3) is 0 Å². The molecule has 0 spiro atoms. The second kappa shape index (κ2) is 10.8. The maximum absolute atomic E-state index is 12.8. The molecule has 0 saturated carbocycles. The Morgan fingerprint density at radius 3 is 2.17 bits per heavy atom. The van der Waals surface area contributed by atoms with Crippen molar-refractivity contribution in [2.75, 3.05) is 7.11 Å². The number of nitrogens with two attached hydrogens (primary N) is 1. The molecule has 3 amide bonds. The third-order valence-corrected chi connectivity index (χ3v) is 4.24. The average Bonchev–Trinajstić information content (AvgIpc) is 2.71. The lowest BCUT2D eigenvalue weighted by Gasteiger charge is -2.20. The first-order valence-electron chi connectivity index (χ1n) is 9.55. The van der Waals surface area contributed by atoms with E-state index in [2.05, 4.69) is 10.6 Å². The highest BCUT2D eigenvalue weighted by atomic mass is 16.5. The van der Waals surface area contributed by atoms with E-state index in [4.69, 9.17) is 15.2 Å². The lowest BCUT2D eigenvalue weighted by molar-refractivity contribution is -0.147. The molecule has 2 rings (SSSR count). The van der Waals surface area contributed by atoms with Crippen LogP contribution < -0.4 is 21.1 Å². The van der Waals surface area contributed by atoms with Crippen LogP contribution in [0.15, 0.2) is 48.5 Å². The van der Waals surface area contributed by atoms with E-state index < -0.39 is 18.0 Å². The van der Waals surface area contributed by atoms with Crippen LogP contribution in [-0.4, -0.2) is 31.1 Å². The summed E-state index contributed by atoms with van der Waals surface area (Å²) in [5.41, 5.74) is 7.04. The van der Waals surface area contributed by atoms with E-state index in [0.29, 0.717) is 11.3 Å². The largest absolute Gasteiger partial charge is 0.497 e. The highest BCUT2D eigenvalue weighted by Crippen LogP contribution is 2.22. The number of hydrogen-bond acceptors (Lipinski definition) is 5. The van der Waals surface area contributed by atoms with Crippen molar-refractivity contribution in [1.29, 1.82) is 0 Å². The third kappa shape index (κ3) is 7.12. The number of hydrogen-bond donors (Lipinski definition) is 3. The first kappa shape index (κ1) is 22.7. The SMILES string of the molecule is COc1ccc(C(CC(=O)OC(C)C)NC(=O)c2ccc(CNC(N)=O)cc2)cc1. The van der Waals surface area contributed by atoms with E-state index in [0.717, 1.165) is 11.1 Å². The molecule has 0 fully saturated rings. The number of primary amides is 1. The summed E-state index contributed by atoms with van der Waals surface area (Å²) in [7, 11) is 1.57. The number of amides is 3. The zero-order valence-corrected chi connectivity index (χ0v) is 17.3. The second-order valence-electron chi connectivity index (χ2n) is 6.96. The van der Waals surface area contributed by atoms with Crippen molar-refractivity contribution in [1.82, 2.24) is 10.6 Å².